The van der Waals surface area contributed by atoms with Crippen molar-refractivity contribution in [2.24, 2.45) is 0 Å². The number of hydrogen-bond donors (Lipinski definition) is 6. The van der Waals surface area contributed by atoms with Gasteiger partial charge in [0.15, 0.2) is 0 Å². The van der Waals surface area contributed by atoms with E-state index in [-0.39, 0.29) is 56.6 Å². The topological polar surface area (TPSA) is 265 Å². The van der Waals surface area contributed by atoms with Crippen LogP contribution in [-0.4, -0.2) is 107 Å². The van der Waals surface area contributed by atoms with Gasteiger partial charge in [-0.15, -0.1) is 0 Å². The second-order valence-electron chi connectivity index (χ2n) is 19.2. The number of unbranched alkanes of at least 4 members (excludes halogenated alkanes) is 2. The number of ether oxygens (including phenoxy) is 2. The molecular formula is C54H60FN9O11. The minimum atomic E-state index is -1.15. The number of benzene rings is 2. The molecule has 394 valence electrons. The minimum Gasteiger partial charge on any atom is -0.493 e. The summed E-state index contributed by atoms with van der Waals surface area (Å²) in [5.41, 5.74) is 5.64. The second kappa shape index (κ2) is 23.0. The first-order valence-electron chi connectivity index (χ1n) is 25.0. The monoisotopic (exact) mass is 1030 g/mol. The second-order valence-corrected chi connectivity index (χ2v) is 19.2. The maximum Gasteiger partial charge on any atom is 0.258 e. The van der Waals surface area contributed by atoms with Crippen LogP contribution in [0.1, 0.15) is 97.4 Å². The van der Waals surface area contributed by atoms with Gasteiger partial charge in [0, 0.05) is 54.0 Å². The van der Waals surface area contributed by atoms with E-state index in [0.717, 1.165) is 32.5 Å². The number of pyridine rings is 2. The Bertz CT molecular complexity index is 3080. The van der Waals surface area contributed by atoms with Crippen LogP contribution in [0, 0.1) is 12.7 Å². The third-order valence-corrected chi connectivity index (χ3v) is 14.4. The Labute approximate surface area is 431 Å². The van der Waals surface area contributed by atoms with E-state index < -0.39 is 85.0 Å². The normalized spacial score (nSPS) is 17.4. The maximum absolute atomic E-state index is 15.4. The average Bonchev–Trinajstić information content (AvgIpc) is 3.97. The third-order valence-electron chi connectivity index (χ3n) is 14.4. The van der Waals surface area contributed by atoms with Crippen LogP contribution in [0.25, 0.3) is 22.3 Å². The van der Waals surface area contributed by atoms with Crippen molar-refractivity contribution < 1.29 is 52.2 Å². The molecule has 0 spiro atoms. The zero-order valence-corrected chi connectivity index (χ0v) is 42.1. The Morgan fingerprint density at radius 2 is 1.59 bits per heavy atom. The van der Waals surface area contributed by atoms with E-state index in [9.17, 15) is 43.2 Å². The number of halogens is 1. The zero-order valence-electron chi connectivity index (χ0n) is 42.1. The first kappa shape index (κ1) is 53.2. The lowest BCUT2D eigenvalue weighted by atomic mass is 9.75. The van der Waals surface area contributed by atoms with E-state index in [1.54, 1.807) is 41.8 Å². The molecular weight excluding hydrogens is 970 g/mol. The van der Waals surface area contributed by atoms with Crippen LogP contribution in [0.3, 0.4) is 0 Å². The molecule has 75 heavy (non-hydrogen) atoms. The van der Waals surface area contributed by atoms with Crippen molar-refractivity contribution in [1.29, 1.82) is 0 Å². The number of carbonyl (C=O) groups excluding carboxylic acids is 8. The standard InChI is InChI=1S/C54H60FN9O11/c1-5-54(4)31(3)75-27-35-36(54)21-41-51-34(26-64(41)53(35)73)50-38(16-15-33-30(2)37(55)22-39(62-51)49(33)50)60-46(69)28-74-29-59-44(67)24-58-52(72)40(20-32-12-8-6-9-13-32)61-45(68)25-57-43(66)23-56-42(65)14-10-7-11-19-63-47(70)17-18-48(63)71/h6,8-9,12-13,17-18,21-22,38,40H,3,5,7,10-11,14-16,19-20,23-29H2,1-2,4H3,(H,56,65)(H,57,66)(H,58,72)(H,59,67)(H,60,69)(H,61,68)/t38-,40-,54-/m0/s1. The van der Waals surface area contributed by atoms with Crippen LogP contribution < -0.4 is 37.5 Å². The molecule has 0 unspecified atom stereocenters. The molecule has 21 heteroatoms. The summed E-state index contributed by atoms with van der Waals surface area (Å²) in [6.07, 6.45) is 5.71. The largest absolute Gasteiger partial charge is 0.493 e. The van der Waals surface area contributed by atoms with Gasteiger partial charge in [0.05, 0.1) is 60.4 Å². The summed E-state index contributed by atoms with van der Waals surface area (Å²) in [6, 6.07) is 10.5. The van der Waals surface area contributed by atoms with Crippen LogP contribution in [0.2, 0.25) is 0 Å². The molecule has 20 nitrogen and oxygen atoms in total. The first-order chi connectivity index (χ1) is 36.0. The highest BCUT2D eigenvalue weighted by Gasteiger charge is 2.41. The quantitative estimate of drug-likeness (QED) is 0.0332. The lowest BCUT2D eigenvalue weighted by molar-refractivity contribution is -0.137. The summed E-state index contributed by atoms with van der Waals surface area (Å²) in [4.78, 5) is 121. The Balaban J connectivity index is 0.805. The third kappa shape index (κ3) is 11.7. The molecule has 0 radical (unpaired) electrons. The SMILES string of the molecule is C=C1OCc2c(cc3n(c2=O)Cc2c-3nc3cc(F)c(C)c4c3c2[C@@H](NC(=O)COCNC(=O)CNC(=O)[C@H](Cc2ccccc2)NC(=O)CNC(=O)CNC(=O)CCCCCN2C(=O)C=CC2=O)CC4)[C@@]1(C)CC. The molecule has 8 rings (SSSR count). The number of rotatable bonds is 22. The molecule has 3 aliphatic heterocycles. The van der Waals surface area contributed by atoms with E-state index in [0.29, 0.717) is 77.9 Å². The number of hydrogen-bond acceptors (Lipinski definition) is 12. The van der Waals surface area contributed by atoms with Crippen molar-refractivity contribution in [3.63, 3.8) is 0 Å². The van der Waals surface area contributed by atoms with Gasteiger partial charge in [-0.25, -0.2) is 9.37 Å². The fraction of sp³-hybridized carbons (Fsp3) is 0.407. The number of aromatic nitrogens is 2. The van der Waals surface area contributed by atoms with Crippen molar-refractivity contribution in [2.75, 3.05) is 39.5 Å². The number of nitrogens with one attached hydrogen (secondary N) is 6. The van der Waals surface area contributed by atoms with Crippen molar-refractivity contribution in [3.05, 3.63) is 122 Å². The molecule has 4 aromatic rings. The Morgan fingerprint density at radius 3 is 2.33 bits per heavy atom. The van der Waals surface area contributed by atoms with Gasteiger partial charge in [0.2, 0.25) is 35.4 Å². The molecule has 8 amide bonds. The molecule has 0 bridgehead atoms. The predicted molar refractivity (Wildman–Crippen MR) is 270 cm³/mol. The van der Waals surface area contributed by atoms with Crippen molar-refractivity contribution in [2.45, 2.75) is 103 Å². The fourth-order valence-electron chi connectivity index (χ4n) is 10.0. The molecule has 0 saturated carbocycles. The summed E-state index contributed by atoms with van der Waals surface area (Å²) in [5.74, 6) is -4.11. The highest BCUT2D eigenvalue weighted by atomic mass is 19.1. The average molecular weight is 1030 g/mol. The molecule has 6 N–H and O–H groups in total. The number of fused-ring (bicyclic) bond motifs is 5. The molecule has 3 atom stereocenters. The summed E-state index contributed by atoms with van der Waals surface area (Å²) in [5, 5.41) is 16.3. The minimum absolute atomic E-state index is 0.0539. The van der Waals surface area contributed by atoms with E-state index in [1.807, 2.05) is 19.9 Å². The van der Waals surface area contributed by atoms with Gasteiger partial charge in [0.1, 0.15) is 31.8 Å². The smallest absolute Gasteiger partial charge is 0.258 e. The van der Waals surface area contributed by atoms with Gasteiger partial charge in [-0.2, -0.15) is 0 Å². The van der Waals surface area contributed by atoms with E-state index >= 15 is 4.39 Å². The highest BCUT2D eigenvalue weighted by Crippen LogP contribution is 2.47. The molecule has 2 aromatic carbocycles. The summed E-state index contributed by atoms with van der Waals surface area (Å²) in [7, 11) is 0. The molecule has 1 aliphatic carbocycles. The van der Waals surface area contributed by atoms with Crippen LogP contribution in [-0.2, 0) is 79.2 Å². The maximum atomic E-state index is 15.4. The fourth-order valence-corrected chi connectivity index (χ4v) is 10.0. The van der Waals surface area contributed by atoms with Crippen molar-refractivity contribution in [1.82, 2.24) is 46.4 Å². The van der Waals surface area contributed by atoms with E-state index in [4.69, 9.17) is 14.5 Å². The van der Waals surface area contributed by atoms with Crippen LogP contribution >= 0.6 is 0 Å². The Hall–Kier alpha value is -8.07. The summed E-state index contributed by atoms with van der Waals surface area (Å²) >= 11 is 0. The zero-order chi connectivity index (χ0) is 53.6. The molecule has 0 fully saturated rings. The van der Waals surface area contributed by atoms with Gasteiger partial charge in [0.25, 0.3) is 17.4 Å². The Kier molecular flexibility index (Phi) is 16.3. The Morgan fingerprint density at radius 1 is 0.880 bits per heavy atom. The number of allylic oxidation sites excluding steroid dienone is 1. The van der Waals surface area contributed by atoms with Crippen LogP contribution in [0.5, 0.6) is 0 Å². The van der Waals surface area contributed by atoms with Crippen molar-refractivity contribution >= 4 is 58.2 Å². The van der Waals surface area contributed by atoms with Gasteiger partial charge in [-0.3, -0.25) is 48.1 Å². The van der Waals surface area contributed by atoms with Gasteiger partial charge < -0.3 is 45.9 Å². The summed E-state index contributed by atoms with van der Waals surface area (Å²) in [6.45, 7) is 8.18. The number of imide groups is 1. The lowest BCUT2D eigenvalue weighted by Gasteiger charge is -2.37. The molecule has 5 heterocycles. The van der Waals surface area contributed by atoms with Gasteiger partial charge in [-0.05, 0) is 79.8 Å². The van der Waals surface area contributed by atoms with E-state index in [1.165, 1.54) is 18.2 Å². The first-order valence-corrected chi connectivity index (χ1v) is 25.0. The number of carbonyl (C=O) groups is 8. The number of aryl methyl sites for hydroxylation is 1. The number of amides is 8. The van der Waals surface area contributed by atoms with E-state index in [2.05, 4.69) is 38.5 Å². The number of nitrogens with zero attached hydrogens (tertiary/aromatic N) is 3. The highest BCUT2D eigenvalue weighted by molar-refractivity contribution is 6.12. The lowest BCUT2D eigenvalue weighted by Crippen LogP contribution is -2.52. The predicted octanol–water partition coefficient (Wildman–Crippen LogP) is 2.34. The summed E-state index contributed by atoms with van der Waals surface area (Å²) < 4.78 is 28.5. The van der Waals surface area contributed by atoms with Gasteiger partial charge in [-0.1, -0.05) is 50.3 Å². The van der Waals surface area contributed by atoms with Crippen LogP contribution in [0.15, 0.2) is 71.7 Å². The van der Waals surface area contributed by atoms with Crippen LogP contribution in [0.4, 0.5) is 4.39 Å². The molecule has 4 aliphatic rings. The van der Waals surface area contributed by atoms with Crippen molar-refractivity contribution in [3.8, 4) is 11.4 Å². The van der Waals surface area contributed by atoms with Gasteiger partial charge >= 0.3 is 0 Å². The molecule has 2 aromatic heterocycles. The molecule has 0 saturated heterocycles.